The van der Waals surface area contributed by atoms with Crippen LogP contribution in [0.25, 0.3) is 4.96 Å². The number of thiazole rings is 1. The number of fused-ring (bicyclic) bond motifs is 1. The Hall–Kier alpha value is -1.25. The monoisotopic (exact) mass is 327 g/mol. The Kier molecular flexibility index (Phi) is 3.62. The highest BCUT2D eigenvalue weighted by atomic mass is 32.2. The number of hydrogen-bond acceptors (Lipinski definition) is 5. The number of aryl methyl sites for hydroxylation is 1. The summed E-state index contributed by atoms with van der Waals surface area (Å²) in [6.07, 6.45) is 4.24. The molecule has 1 atom stereocenters. The molecule has 0 spiro atoms. The van der Waals surface area contributed by atoms with E-state index >= 15 is 0 Å². The summed E-state index contributed by atoms with van der Waals surface area (Å²) in [6.45, 7) is 3.94. The fourth-order valence-corrected chi connectivity index (χ4v) is 5.48. The zero-order valence-electron chi connectivity index (χ0n) is 11.9. The molecule has 3 heterocycles. The Balaban J connectivity index is 2.21. The Morgan fingerprint density at radius 3 is 2.86 bits per heavy atom. The molecule has 0 N–H and O–H groups in total. The van der Waals surface area contributed by atoms with Crippen LogP contribution in [0.3, 0.4) is 0 Å². The number of aromatic nitrogens is 2. The molecule has 0 bridgehead atoms. The van der Waals surface area contributed by atoms with Gasteiger partial charge in [-0.3, -0.25) is 9.20 Å². The first-order valence-corrected chi connectivity index (χ1v) is 9.23. The average Bonchev–Trinajstić information content (AvgIpc) is 2.87. The van der Waals surface area contributed by atoms with Crippen molar-refractivity contribution < 1.29 is 8.42 Å². The van der Waals surface area contributed by atoms with Crippen LogP contribution in [-0.2, 0) is 10.0 Å². The minimum absolute atomic E-state index is 0.0780. The molecule has 1 unspecified atom stereocenters. The first-order chi connectivity index (χ1) is 9.93. The number of hydrogen-bond donors (Lipinski definition) is 0. The maximum atomic E-state index is 12.9. The van der Waals surface area contributed by atoms with Crippen LogP contribution < -0.4 is 5.56 Å². The second-order valence-electron chi connectivity index (χ2n) is 5.35. The standard InChI is InChI=1S/C13H17N3O3S2/c1-9-5-3-4-6-16(9)21(18,19)11-10(2)14-13-15(12(11)17)7-8-20-13/h7-9H,3-6H2,1-2H3. The van der Waals surface area contributed by atoms with Crippen molar-refractivity contribution in [1.82, 2.24) is 13.7 Å². The molecule has 2 aromatic rings. The Morgan fingerprint density at radius 2 is 2.14 bits per heavy atom. The van der Waals surface area contributed by atoms with Crippen molar-refractivity contribution in [3.05, 3.63) is 27.6 Å². The summed E-state index contributed by atoms with van der Waals surface area (Å²) < 4.78 is 28.5. The van der Waals surface area contributed by atoms with Gasteiger partial charge in [0, 0.05) is 24.2 Å². The molecule has 0 aliphatic carbocycles. The van der Waals surface area contributed by atoms with Gasteiger partial charge in [-0.2, -0.15) is 4.31 Å². The van der Waals surface area contributed by atoms with E-state index in [1.165, 1.54) is 20.0 Å². The van der Waals surface area contributed by atoms with E-state index in [2.05, 4.69) is 4.98 Å². The van der Waals surface area contributed by atoms with Crippen molar-refractivity contribution in [3.63, 3.8) is 0 Å². The molecule has 1 aliphatic rings. The largest absolute Gasteiger partial charge is 0.279 e. The van der Waals surface area contributed by atoms with Gasteiger partial charge in [-0.05, 0) is 26.7 Å². The van der Waals surface area contributed by atoms with Crippen LogP contribution in [0.2, 0.25) is 0 Å². The molecule has 0 aromatic carbocycles. The van der Waals surface area contributed by atoms with E-state index < -0.39 is 15.6 Å². The van der Waals surface area contributed by atoms with Gasteiger partial charge in [-0.25, -0.2) is 13.4 Å². The molecule has 3 rings (SSSR count). The number of nitrogens with zero attached hydrogens (tertiary/aromatic N) is 3. The second-order valence-corrected chi connectivity index (χ2v) is 8.05. The van der Waals surface area contributed by atoms with Gasteiger partial charge in [0.2, 0.25) is 0 Å². The normalized spacial score (nSPS) is 21.0. The molecule has 1 fully saturated rings. The summed E-state index contributed by atoms with van der Waals surface area (Å²) in [7, 11) is -3.80. The third kappa shape index (κ3) is 2.31. The van der Waals surface area contributed by atoms with Crippen LogP contribution in [0.4, 0.5) is 0 Å². The van der Waals surface area contributed by atoms with Crippen molar-refractivity contribution in [2.24, 2.45) is 0 Å². The summed E-state index contributed by atoms with van der Waals surface area (Å²) in [4.78, 5) is 17.1. The maximum absolute atomic E-state index is 12.9. The molecular formula is C13H17N3O3S2. The highest BCUT2D eigenvalue weighted by Gasteiger charge is 2.35. The molecule has 0 radical (unpaired) electrons. The smallest absolute Gasteiger partial charge is 0.267 e. The predicted octanol–water partition coefficient (Wildman–Crippen LogP) is 1.63. The highest BCUT2D eigenvalue weighted by Crippen LogP contribution is 2.25. The fourth-order valence-electron chi connectivity index (χ4n) is 2.81. The summed E-state index contributed by atoms with van der Waals surface area (Å²) in [5.74, 6) is 0. The molecule has 21 heavy (non-hydrogen) atoms. The van der Waals surface area contributed by atoms with Gasteiger partial charge in [0.05, 0.1) is 5.69 Å². The third-order valence-electron chi connectivity index (χ3n) is 3.90. The van der Waals surface area contributed by atoms with Crippen molar-refractivity contribution in [2.75, 3.05) is 6.54 Å². The molecule has 6 nitrogen and oxygen atoms in total. The van der Waals surface area contributed by atoms with Crippen LogP contribution in [0.15, 0.2) is 21.3 Å². The van der Waals surface area contributed by atoms with Crippen LogP contribution in [0, 0.1) is 6.92 Å². The van der Waals surface area contributed by atoms with Gasteiger partial charge in [-0.1, -0.05) is 6.42 Å². The topological polar surface area (TPSA) is 71.8 Å². The molecule has 1 saturated heterocycles. The van der Waals surface area contributed by atoms with E-state index in [0.717, 1.165) is 19.3 Å². The third-order valence-corrected chi connectivity index (χ3v) is 6.81. The summed E-state index contributed by atoms with van der Waals surface area (Å²) in [6, 6.07) is -0.0780. The molecule has 114 valence electrons. The fraction of sp³-hybridized carbons (Fsp3) is 0.538. The second kappa shape index (κ2) is 5.19. The van der Waals surface area contributed by atoms with Crippen molar-refractivity contribution in [1.29, 1.82) is 0 Å². The van der Waals surface area contributed by atoms with E-state index in [0.29, 0.717) is 11.5 Å². The lowest BCUT2D eigenvalue weighted by atomic mass is 10.1. The molecule has 2 aromatic heterocycles. The van der Waals surface area contributed by atoms with E-state index in [1.54, 1.807) is 18.5 Å². The first kappa shape index (κ1) is 14.7. The van der Waals surface area contributed by atoms with E-state index in [1.807, 2.05) is 6.92 Å². The minimum atomic E-state index is -3.80. The number of piperidine rings is 1. The Bertz CT molecular complexity index is 838. The van der Waals surface area contributed by atoms with Crippen LogP contribution >= 0.6 is 11.3 Å². The van der Waals surface area contributed by atoms with Crippen LogP contribution in [0.1, 0.15) is 31.9 Å². The number of sulfonamides is 1. The highest BCUT2D eigenvalue weighted by molar-refractivity contribution is 7.89. The average molecular weight is 327 g/mol. The Morgan fingerprint density at radius 1 is 1.38 bits per heavy atom. The lowest BCUT2D eigenvalue weighted by Gasteiger charge is -2.32. The predicted molar refractivity (Wildman–Crippen MR) is 81.3 cm³/mol. The molecule has 8 heteroatoms. The van der Waals surface area contributed by atoms with Gasteiger partial charge < -0.3 is 0 Å². The van der Waals surface area contributed by atoms with Gasteiger partial charge in [0.15, 0.2) is 9.86 Å². The van der Waals surface area contributed by atoms with E-state index in [-0.39, 0.29) is 16.6 Å². The SMILES string of the molecule is Cc1nc2sccn2c(=O)c1S(=O)(=O)N1CCCCC1C. The van der Waals surface area contributed by atoms with Crippen molar-refractivity contribution in [3.8, 4) is 0 Å². The summed E-state index contributed by atoms with van der Waals surface area (Å²) >= 11 is 1.31. The molecule has 1 aliphatic heterocycles. The lowest BCUT2D eigenvalue weighted by molar-refractivity contribution is 0.268. The number of rotatable bonds is 2. The quantitative estimate of drug-likeness (QED) is 0.840. The van der Waals surface area contributed by atoms with Gasteiger partial charge >= 0.3 is 0 Å². The Labute approximate surface area is 127 Å². The minimum Gasteiger partial charge on any atom is -0.267 e. The van der Waals surface area contributed by atoms with E-state index in [9.17, 15) is 13.2 Å². The zero-order valence-corrected chi connectivity index (χ0v) is 13.6. The van der Waals surface area contributed by atoms with Crippen molar-refractivity contribution in [2.45, 2.75) is 44.0 Å². The lowest BCUT2D eigenvalue weighted by Crippen LogP contribution is -2.44. The van der Waals surface area contributed by atoms with Gasteiger partial charge in [0.1, 0.15) is 0 Å². The van der Waals surface area contributed by atoms with Crippen molar-refractivity contribution >= 4 is 26.3 Å². The zero-order chi connectivity index (χ0) is 15.2. The first-order valence-electron chi connectivity index (χ1n) is 6.91. The maximum Gasteiger partial charge on any atom is 0.279 e. The summed E-state index contributed by atoms with van der Waals surface area (Å²) in [5, 5.41) is 1.73. The van der Waals surface area contributed by atoms with Crippen LogP contribution in [0.5, 0.6) is 0 Å². The molecule has 0 amide bonds. The van der Waals surface area contributed by atoms with E-state index in [4.69, 9.17) is 0 Å². The van der Waals surface area contributed by atoms with Gasteiger partial charge in [0.25, 0.3) is 15.6 Å². The molecule has 0 saturated carbocycles. The molecular weight excluding hydrogens is 310 g/mol. The van der Waals surface area contributed by atoms with Crippen LogP contribution in [-0.4, -0.2) is 34.7 Å². The summed E-state index contributed by atoms with van der Waals surface area (Å²) in [5.41, 5.74) is -0.225. The van der Waals surface area contributed by atoms with Gasteiger partial charge in [-0.15, -0.1) is 11.3 Å².